The van der Waals surface area contributed by atoms with Crippen LogP contribution in [-0.2, 0) is 24.9 Å². The summed E-state index contributed by atoms with van der Waals surface area (Å²) in [4.78, 5) is 20.2. The van der Waals surface area contributed by atoms with Crippen LogP contribution in [0.5, 0.6) is 0 Å². The molecule has 3 heterocycles. The van der Waals surface area contributed by atoms with Crippen molar-refractivity contribution < 1.29 is 9.69 Å². The number of quaternary nitrogens is 1. The number of nitrogens with one attached hydrogen (secondary N) is 1. The summed E-state index contributed by atoms with van der Waals surface area (Å²) in [5.41, 5.74) is 0.992. The molecule has 1 amide bonds. The zero-order valence-electron chi connectivity index (χ0n) is 13.5. The number of imidazole rings is 1. The van der Waals surface area contributed by atoms with Gasteiger partial charge in [-0.1, -0.05) is 0 Å². The molecular formula is C15H22N5OS2+. The SMILES string of the molecule is Cc1csc(CC(=O)N2CC[NH+](Cn3ccn(C)c3=S)CC2)n1. The van der Waals surface area contributed by atoms with Crippen LogP contribution in [0, 0.1) is 11.7 Å². The number of aromatic nitrogens is 3. The molecule has 0 saturated carbocycles. The lowest BCUT2D eigenvalue weighted by molar-refractivity contribution is -0.926. The van der Waals surface area contributed by atoms with Gasteiger partial charge in [-0.15, -0.1) is 11.3 Å². The quantitative estimate of drug-likeness (QED) is 0.803. The van der Waals surface area contributed by atoms with Crippen LogP contribution >= 0.6 is 23.6 Å². The van der Waals surface area contributed by atoms with Gasteiger partial charge in [0.1, 0.15) is 5.01 Å². The van der Waals surface area contributed by atoms with Crippen LogP contribution in [0.1, 0.15) is 10.7 Å². The number of amides is 1. The second-order valence-corrected chi connectivity index (χ2v) is 7.32. The van der Waals surface area contributed by atoms with Crippen molar-refractivity contribution in [1.82, 2.24) is 19.0 Å². The Morgan fingerprint density at radius 2 is 2.13 bits per heavy atom. The van der Waals surface area contributed by atoms with Crippen LogP contribution in [0.4, 0.5) is 0 Å². The molecule has 0 atom stereocenters. The third-order valence-corrected chi connectivity index (χ3v) is 5.69. The molecule has 0 spiro atoms. The molecule has 1 aliphatic heterocycles. The Bertz CT molecular complexity index is 739. The van der Waals surface area contributed by atoms with Gasteiger partial charge >= 0.3 is 0 Å². The minimum absolute atomic E-state index is 0.190. The number of nitrogens with zero attached hydrogens (tertiary/aromatic N) is 4. The highest BCUT2D eigenvalue weighted by Gasteiger charge is 2.24. The summed E-state index contributed by atoms with van der Waals surface area (Å²) in [6.45, 7) is 6.35. The normalized spacial score (nSPS) is 16.0. The minimum atomic E-state index is 0.190. The Morgan fingerprint density at radius 3 is 2.70 bits per heavy atom. The number of hydrogen-bond donors (Lipinski definition) is 1. The zero-order chi connectivity index (χ0) is 16.4. The number of carbonyl (C=O) groups excluding carboxylic acids is 1. The summed E-state index contributed by atoms with van der Waals surface area (Å²) in [7, 11) is 1.96. The van der Waals surface area contributed by atoms with E-state index in [-0.39, 0.29) is 5.91 Å². The van der Waals surface area contributed by atoms with E-state index in [1.165, 1.54) is 4.90 Å². The first kappa shape index (κ1) is 16.4. The van der Waals surface area contributed by atoms with Gasteiger partial charge in [0.2, 0.25) is 5.91 Å². The van der Waals surface area contributed by atoms with Crippen molar-refractivity contribution in [2.75, 3.05) is 26.2 Å². The molecule has 1 saturated heterocycles. The van der Waals surface area contributed by atoms with E-state index < -0.39 is 0 Å². The number of hydrogen-bond acceptors (Lipinski definition) is 4. The molecule has 1 aliphatic rings. The van der Waals surface area contributed by atoms with Crippen LogP contribution < -0.4 is 4.90 Å². The van der Waals surface area contributed by atoms with Gasteiger partial charge in [-0.05, 0) is 19.1 Å². The predicted octanol–water partition coefficient (Wildman–Crippen LogP) is 0.248. The van der Waals surface area contributed by atoms with Crippen LogP contribution in [0.3, 0.4) is 0 Å². The largest absolute Gasteiger partial charge is 0.331 e. The lowest BCUT2D eigenvalue weighted by Crippen LogP contribution is -3.14. The summed E-state index contributed by atoms with van der Waals surface area (Å²) < 4.78 is 4.89. The molecule has 1 N–H and O–H groups in total. The molecule has 0 aliphatic carbocycles. The van der Waals surface area contributed by atoms with E-state index in [0.717, 1.165) is 48.3 Å². The average Bonchev–Trinajstić information content (AvgIpc) is 3.08. The molecule has 2 aromatic heterocycles. The molecule has 6 nitrogen and oxygen atoms in total. The van der Waals surface area contributed by atoms with Crippen molar-refractivity contribution in [2.45, 2.75) is 20.0 Å². The lowest BCUT2D eigenvalue weighted by Gasteiger charge is -2.32. The Labute approximate surface area is 145 Å². The summed E-state index contributed by atoms with van der Waals surface area (Å²) in [5, 5.41) is 2.91. The topological polar surface area (TPSA) is 47.5 Å². The van der Waals surface area contributed by atoms with Gasteiger partial charge in [0.15, 0.2) is 11.4 Å². The highest BCUT2D eigenvalue weighted by molar-refractivity contribution is 7.71. The van der Waals surface area contributed by atoms with Crippen molar-refractivity contribution in [1.29, 1.82) is 0 Å². The van der Waals surface area contributed by atoms with Crippen LogP contribution in [0.15, 0.2) is 17.8 Å². The first-order valence-electron chi connectivity index (χ1n) is 7.77. The van der Waals surface area contributed by atoms with Crippen molar-refractivity contribution in [3.63, 3.8) is 0 Å². The van der Waals surface area contributed by atoms with E-state index in [4.69, 9.17) is 12.2 Å². The van der Waals surface area contributed by atoms with Crippen LogP contribution in [0.2, 0.25) is 0 Å². The van der Waals surface area contributed by atoms with E-state index in [1.807, 2.05) is 41.2 Å². The Balaban J connectivity index is 1.51. The molecule has 0 radical (unpaired) electrons. The van der Waals surface area contributed by atoms with E-state index in [0.29, 0.717) is 6.42 Å². The Kier molecular flexibility index (Phi) is 4.93. The number of carbonyl (C=O) groups is 1. The molecular weight excluding hydrogens is 330 g/mol. The van der Waals surface area contributed by atoms with Gasteiger partial charge in [-0.25, -0.2) is 4.98 Å². The van der Waals surface area contributed by atoms with Crippen molar-refractivity contribution in [3.05, 3.63) is 33.2 Å². The van der Waals surface area contributed by atoms with Crippen molar-refractivity contribution in [2.24, 2.45) is 7.05 Å². The lowest BCUT2D eigenvalue weighted by atomic mass is 10.3. The van der Waals surface area contributed by atoms with E-state index in [2.05, 4.69) is 9.55 Å². The maximum absolute atomic E-state index is 12.4. The fourth-order valence-corrected chi connectivity index (χ4v) is 3.78. The third-order valence-electron chi connectivity index (χ3n) is 4.20. The summed E-state index contributed by atoms with van der Waals surface area (Å²) in [6.07, 6.45) is 4.44. The third kappa shape index (κ3) is 3.88. The van der Waals surface area contributed by atoms with Gasteiger partial charge in [-0.3, -0.25) is 9.36 Å². The van der Waals surface area contributed by atoms with E-state index in [9.17, 15) is 4.79 Å². The number of piperazine rings is 1. The molecule has 2 aromatic rings. The van der Waals surface area contributed by atoms with E-state index >= 15 is 0 Å². The second-order valence-electron chi connectivity index (χ2n) is 6.01. The number of rotatable bonds is 4. The van der Waals surface area contributed by atoms with Crippen LogP contribution in [0.25, 0.3) is 0 Å². The molecule has 1 fully saturated rings. The molecule has 0 aromatic carbocycles. The molecule has 0 unspecified atom stereocenters. The summed E-state index contributed by atoms with van der Waals surface area (Å²) >= 11 is 6.94. The Hall–Kier alpha value is -1.51. The molecule has 8 heteroatoms. The van der Waals surface area contributed by atoms with Crippen molar-refractivity contribution >= 4 is 29.5 Å². The first-order chi connectivity index (χ1) is 11.0. The van der Waals surface area contributed by atoms with Gasteiger partial charge < -0.3 is 14.4 Å². The van der Waals surface area contributed by atoms with Gasteiger partial charge in [-0.2, -0.15) is 0 Å². The zero-order valence-corrected chi connectivity index (χ0v) is 15.1. The van der Waals surface area contributed by atoms with E-state index in [1.54, 1.807) is 11.3 Å². The number of aryl methyl sites for hydroxylation is 2. The summed E-state index contributed by atoms with van der Waals surface area (Å²) in [5.74, 6) is 0.190. The standard InChI is InChI=1S/C15H21N5OS2/c1-12-10-23-13(16-12)9-14(21)19-7-4-18(5-8-19)11-20-6-3-17(2)15(20)22/h3,6,10H,4-5,7-9,11H2,1-2H3/p+1. The fraction of sp³-hybridized carbons (Fsp3) is 0.533. The highest BCUT2D eigenvalue weighted by Crippen LogP contribution is 2.10. The smallest absolute Gasteiger partial charge is 0.229 e. The second kappa shape index (κ2) is 6.94. The highest BCUT2D eigenvalue weighted by atomic mass is 32.1. The van der Waals surface area contributed by atoms with Crippen LogP contribution in [-0.4, -0.2) is 51.1 Å². The molecule has 0 bridgehead atoms. The average molecular weight is 353 g/mol. The molecule has 23 heavy (non-hydrogen) atoms. The molecule has 124 valence electrons. The monoisotopic (exact) mass is 352 g/mol. The number of thiazole rings is 1. The van der Waals surface area contributed by atoms with Gasteiger partial charge in [0, 0.05) is 30.5 Å². The Morgan fingerprint density at radius 1 is 1.39 bits per heavy atom. The van der Waals surface area contributed by atoms with Crippen molar-refractivity contribution in [3.8, 4) is 0 Å². The predicted molar refractivity (Wildman–Crippen MR) is 92.1 cm³/mol. The molecule has 3 rings (SSSR count). The maximum Gasteiger partial charge on any atom is 0.229 e. The van der Waals surface area contributed by atoms with Gasteiger partial charge in [0.25, 0.3) is 0 Å². The van der Waals surface area contributed by atoms with Gasteiger partial charge in [0.05, 0.1) is 32.6 Å². The summed E-state index contributed by atoms with van der Waals surface area (Å²) in [6, 6.07) is 0. The minimum Gasteiger partial charge on any atom is -0.331 e. The fourth-order valence-electron chi connectivity index (χ4n) is 2.83. The maximum atomic E-state index is 12.4. The first-order valence-corrected chi connectivity index (χ1v) is 9.06.